The third kappa shape index (κ3) is 4.73. The Balaban J connectivity index is 1.85. The van der Waals surface area contributed by atoms with Crippen molar-refractivity contribution in [3.8, 4) is 5.75 Å². The van der Waals surface area contributed by atoms with Crippen molar-refractivity contribution in [2.24, 2.45) is 0 Å². The maximum absolute atomic E-state index is 9.48. The van der Waals surface area contributed by atoms with Crippen LogP contribution in [-0.4, -0.2) is 17.8 Å². The summed E-state index contributed by atoms with van der Waals surface area (Å²) in [5.74, 6) is 0.844. The van der Waals surface area contributed by atoms with Crippen LogP contribution in [0.5, 0.6) is 5.75 Å². The van der Waals surface area contributed by atoms with Gasteiger partial charge in [-0.2, -0.15) is 0 Å². The first-order chi connectivity index (χ1) is 12.1. The van der Waals surface area contributed by atoms with Gasteiger partial charge in [-0.05, 0) is 41.5 Å². The molecule has 130 valence electrons. The van der Waals surface area contributed by atoms with E-state index in [1.807, 2.05) is 42.5 Å². The van der Waals surface area contributed by atoms with Gasteiger partial charge in [0, 0.05) is 23.7 Å². The molecule has 3 nitrogen and oxygen atoms in total. The van der Waals surface area contributed by atoms with Crippen LogP contribution in [-0.2, 0) is 13.2 Å². The van der Waals surface area contributed by atoms with E-state index < -0.39 is 0 Å². The number of aliphatic hydroxyl groups excluding tert-OH is 1. The van der Waals surface area contributed by atoms with Crippen LogP contribution in [0.15, 0.2) is 60.7 Å². The lowest BCUT2D eigenvalue weighted by atomic mass is 10.0. The highest BCUT2D eigenvalue weighted by Crippen LogP contribution is 2.29. The van der Waals surface area contributed by atoms with Crippen molar-refractivity contribution >= 4 is 22.4 Å². The molecular formula is C21H22ClNO2. The van der Waals surface area contributed by atoms with Crippen LogP contribution in [0.3, 0.4) is 0 Å². The first kappa shape index (κ1) is 17.7. The second-order valence-corrected chi connectivity index (χ2v) is 6.60. The quantitative estimate of drug-likeness (QED) is 0.653. The third-order valence-corrected chi connectivity index (χ3v) is 4.26. The highest BCUT2D eigenvalue weighted by atomic mass is 35.5. The van der Waals surface area contributed by atoms with Gasteiger partial charge < -0.3 is 15.2 Å². The predicted octanol–water partition coefficient (Wildman–Crippen LogP) is 4.54. The summed E-state index contributed by atoms with van der Waals surface area (Å²) in [6.45, 7) is 3.41. The van der Waals surface area contributed by atoms with Gasteiger partial charge in [-0.25, -0.2) is 0 Å². The number of aliphatic hydroxyl groups is 1. The van der Waals surface area contributed by atoms with Crippen molar-refractivity contribution in [2.75, 3.05) is 6.54 Å². The van der Waals surface area contributed by atoms with Gasteiger partial charge in [0.15, 0.2) is 0 Å². The van der Waals surface area contributed by atoms with E-state index in [-0.39, 0.29) is 6.10 Å². The Bertz CT molecular complexity index is 848. The molecule has 0 fully saturated rings. The van der Waals surface area contributed by atoms with Crippen LogP contribution < -0.4 is 10.1 Å². The first-order valence-electron chi connectivity index (χ1n) is 8.40. The lowest BCUT2D eigenvalue weighted by Gasteiger charge is -2.16. The van der Waals surface area contributed by atoms with Crippen molar-refractivity contribution in [1.82, 2.24) is 5.32 Å². The summed E-state index contributed by atoms with van der Waals surface area (Å²) in [6, 6.07) is 20.0. The largest absolute Gasteiger partial charge is 0.489 e. The van der Waals surface area contributed by atoms with Crippen molar-refractivity contribution < 1.29 is 9.84 Å². The molecule has 0 spiro atoms. The first-order valence-corrected chi connectivity index (χ1v) is 8.78. The normalized spacial score (nSPS) is 12.3. The number of fused-ring (bicyclic) bond motifs is 1. The molecule has 1 unspecified atom stereocenters. The SMILES string of the molecule is CC(O)CNCc1c(OCc2cccc(Cl)c2)ccc2ccccc12. The zero-order chi connectivity index (χ0) is 17.6. The summed E-state index contributed by atoms with van der Waals surface area (Å²) in [4.78, 5) is 0. The molecule has 0 radical (unpaired) electrons. The smallest absolute Gasteiger partial charge is 0.124 e. The van der Waals surface area contributed by atoms with Gasteiger partial charge in [0.05, 0.1) is 6.10 Å². The number of hydrogen-bond donors (Lipinski definition) is 2. The van der Waals surface area contributed by atoms with Gasteiger partial charge in [-0.15, -0.1) is 0 Å². The molecule has 0 amide bonds. The number of benzene rings is 3. The van der Waals surface area contributed by atoms with Crippen LogP contribution in [0, 0.1) is 0 Å². The Morgan fingerprint density at radius 3 is 2.72 bits per heavy atom. The van der Waals surface area contributed by atoms with E-state index in [9.17, 15) is 5.11 Å². The fourth-order valence-corrected chi connectivity index (χ4v) is 3.04. The van der Waals surface area contributed by atoms with Crippen molar-refractivity contribution in [3.63, 3.8) is 0 Å². The maximum atomic E-state index is 9.48. The van der Waals surface area contributed by atoms with E-state index in [4.69, 9.17) is 16.3 Å². The third-order valence-electron chi connectivity index (χ3n) is 4.02. The van der Waals surface area contributed by atoms with E-state index in [1.54, 1.807) is 6.92 Å². The molecule has 4 heteroatoms. The molecular weight excluding hydrogens is 334 g/mol. The zero-order valence-corrected chi connectivity index (χ0v) is 15.0. The van der Waals surface area contributed by atoms with Gasteiger partial charge in [-0.3, -0.25) is 0 Å². The summed E-state index contributed by atoms with van der Waals surface area (Å²) >= 11 is 6.04. The molecule has 0 bridgehead atoms. The van der Waals surface area contributed by atoms with Crippen LogP contribution in [0.4, 0.5) is 0 Å². The molecule has 3 rings (SSSR count). The molecule has 1 atom stereocenters. The molecule has 0 aliphatic heterocycles. The van der Waals surface area contributed by atoms with E-state index in [2.05, 4.69) is 23.5 Å². The second-order valence-electron chi connectivity index (χ2n) is 6.16. The van der Waals surface area contributed by atoms with Crippen LogP contribution in [0.25, 0.3) is 10.8 Å². The fourth-order valence-electron chi connectivity index (χ4n) is 2.83. The van der Waals surface area contributed by atoms with Crippen molar-refractivity contribution in [1.29, 1.82) is 0 Å². The summed E-state index contributed by atoms with van der Waals surface area (Å²) in [5.41, 5.74) is 2.13. The topological polar surface area (TPSA) is 41.5 Å². The average molecular weight is 356 g/mol. The molecule has 3 aromatic rings. The van der Waals surface area contributed by atoms with Crippen LogP contribution in [0.2, 0.25) is 5.02 Å². The Kier molecular flexibility index (Phi) is 5.92. The van der Waals surface area contributed by atoms with E-state index in [1.165, 1.54) is 5.39 Å². The standard InChI is InChI=1S/C21H22ClNO2/c1-15(24)12-23-13-20-19-8-3-2-6-17(19)9-10-21(20)25-14-16-5-4-7-18(22)11-16/h2-11,15,23-24H,12-14H2,1H3. The number of hydrogen-bond acceptors (Lipinski definition) is 3. The summed E-state index contributed by atoms with van der Waals surface area (Å²) < 4.78 is 6.08. The van der Waals surface area contributed by atoms with Crippen LogP contribution in [0.1, 0.15) is 18.1 Å². The highest BCUT2D eigenvalue weighted by molar-refractivity contribution is 6.30. The minimum atomic E-state index is -0.384. The molecule has 25 heavy (non-hydrogen) atoms. The maximum Gasteiger partial charge on any atom is 0.124 e. The second kappa shape index (κ2) is 8.34. The van der Waals surface area contributed by atoms with Crippen molar-refractivity contribution in [3.05, 3.63) is 76.8 Å². The van der Waals surface area contributed by atoms with Crippen LogP contribution >= 0.6 is 11.6 Å². The Morgan fingerprint density at radius 1 is 1.08 bits per heavy atom. The van der Waals surface area contributed by atoms with Gasteiger partial charge in [-0.1, -0.05) is 54.1 Å². The molecule has 0 heterocycles. The minimum absolute atomic E-state index is 0.384. The Hall–Kier alpha value is -2.07. The van der Waals surface area contributed by atoms with E-state index in [0.717, 1.165) is 22.3 Å². The number of ether oxygens (including phenoxy) is 1. The van der Waals surface area contributed by atoms with Gasteiger partial charge in [0.25, 0.3) is 0 Å². The molecule has 0 aromatic heterocycles. The fraction of sp³-hybridized carbons (Fsp3) is 0.238. The number of nitrogens with one attached hydrogen (secondary N) is 1. The summed E-state index contributed by atoms with van der Waals surface area (Å²) in [5, 5.41) is 15.8. The lowest BCUT2D eigenvalue weighted by molar-refractivity contribution is 0.190. The summed E-state index contributed by atoms with van der Waals surface area (Å²) in [7, 11) is 0. The van der Waals surface area contributed by atoms with E-state index >= 15 is 0 Å². The molecule has 0 aliphatic rings. The van der Waals surface area contributed by atoms with Crippen molar-refractivity contribution in [2.45, 2.75) is 26.2 Å². The molecule has 0 aliphatic carbocycles. The lowest BCUT2D eigenvalue weighted by Crippen LogP contribution is -2.24. The minimum Gasteiger partial charge on any atom is -0.489 e. The van der Waals surface area contributed by atoms with Gasteiger partial charge in [0.1, 0.15) is 12.4 Å². The van der Waals surface area contributed by atoms with E-state index in [0.29, 0.717) is 24.7 Å². The van der Waals surface area contributed by atoms with Gasteiger partial charge in [0.2, 0.25) is 0 Å². The molecule has 0 saturated heterocycles. The monoisotopic (exact) mass is 355 g/mol. The molecule has 0 saturated carbocycles. The Labute approximate surface area is 153 Å². The molecule has 3 aromatic carbocycles. The molecule has 2 N–H and O–H groups in total. The number of rotatable bonds is 7. The highest BCUT2D eigenvalue weighted by Gasteiger charge is 2.10. The number of halogens is 1. The average Bonchev–Trinajstić information content (AvgIpc) is 2.60. The van der Waals surface area contributed by atoms with Gasteiger partial charge >= 0.3 is 0 Å². The Morgan fingerprint density at radius 2 is 1.92 bits per heavy atom. The zero-order valence-electron chi connectivity index (χ0n) is 14.2. The summed E-state index contributed by atoms with van der Waals surface area (Å²) in [6.07, 6.45) is -0.384. The predicted molar refractivity (Wildman–Crippen MR) is 103 cm³/mol.